The van der Waals surface area contributed by atoms with Crippen molar-refractivity contribution in [1.29, 1.82) is 0 Å². The second-order valence-electron chi connectivity index (χ2n) is 6.47. The van der Waals surface area contributed by atoms with Crippen LogP contribution in [-0.2, 0) is 5.41 Å². The van der Waals surface area contributed by atoms with Crippen molar-refractivity contribution < 1.29 is 5.11 Å². The average molecular weight is 281 g/mol. The first-order valence-electron chi connectivity index (χ1n) is 7.65. The molecule has 2 aromatic rings. The normalized spacial score (nSPS) is 17.6. The van der Waals surface area contributed by atoms with Gasteiger partial charge in [-0.25, -0.2) is 0 Å². The van der Waals surface area contributed by atoms with Crippen LogP contribution in [0.2, 0.25) is 0 Å². The Kier molecular flexibility index (Phi) is 3.73. The van der Waals surface area contributed by atoms with Crippen molar-refractivity contribution >= 4 is 5.69 Å². The van der Waals surface area contributed by atoms with Gasteiger partial charge in [-0.3, -0.25) is 0 Å². The number of rotatable bonds is 4. The number of hydrogen-bond acceptors (Lipinski definition) is 2. The third-order valence-electron chi connectivity index (χ3n) is 4.47. The van der Waals surface area contributed by atoms with Crippen LogP contribution in [0, 0.1) is 0 Å². The Morgan fingerprint density at radius 2 is 1.71 bits per heavy atom. The Morgan fingerprint density at radius 3 is 2.43 bits per heavy atom. The standard InChI is InChI=1S/C19H23NO/c1-19(2)14-20(18-11-7-6-10-16(18)19)17(12-13-21)15-8-4-3-5-9-15/h3-11,17,21H,12-14H2,1-2H3. The van der Waals surface area contributed by atoms with Gasteiger partial charge >= 0.3 is 0 Å². The van der Waals surface area contributed by atoms with E-state index >= 15 is 0 Å². The van der Waals surface area contributed by atoms with Crippen LogP contribution < -0.4 is 4.90 Å². The summed E-state index contributed by atoms with van der Waals surface area (Å²) in [7, 11) is 0. The predicted octanol–water partition coefficient (Wildman–Crippen LogP) is 3.91. The van der Waals surface area contributed by atoms with Crippen LogP contribution in [0.3, 0.4) is 0 Å². The van der Waals surface area contributed by atoms with Gasteiger partial charge in [-0.15, -0.1) is 0 Å². The Balaban J connectivity index is 2.02. The molecule has 110 valence electrons. The van der Waals surface area contributed by atoms with Crippen molar-refractivity contribution in [2.24, 2.45) is 0 Å². The van der Waals surface area contributed by atoms with Gasteiger partial charge in [-0.2, -0.15) is 0 Å². The molecule has 0 radical (unpaired) electrons. The summed E-state index contributed by atoms with van der Waals surface area (Å²) in [6.07, 6.45) is 0.758. The van der Waals surface area contributed by atoms with Crippen LogP contribution in [0.15, 0.2) is 54.6 Å². The molecule has 1 unspecified atom stereocenters. The highest BCUT2D eigenvalue weighted by molar-refractivity contribution is 5.63. The highest BCUT2D eigenvalue weighted by Crippen LogP contribution is 2.44. The number of hydrogen-bond donors (Lipinski definition) is 1. The van der Waals surface area contributed by atoms with Crippen molar-refractivity contribution in [2.45, 2.75) is 31.7 Å². The molecule has 0 bridgehead atoms. The number of nitrogens with zero attached hydrogens (tertiary/aromatic N) is 1. The third kappa shape index (κ3) is 2.56. The van der Waals surface area contributed by atoms with Crippen LogP contribution in [0.1, 0.15) is 37.4 Å². The molecule has 1 atom stereocenters. The van der Waals surface area contributed by atoms with Crippen LogP contribution in [-0.4, -0.2) is 18.3 Å². The van der Waals surface area contributed by atoms with E-state index in [0.717, 1.165) is 13.0 Å². The van der Waals surface area contributed by atoms with Crippen LogP contribution >= 0.6 is 0 Å². The molecule has 0 aliphatic carbocycles. The Hall–Kier alpha value is -1.80. The molecule has 2 heteroatoms. The summed E-state index contributed by atoms with van der Waals surface area (Å²) >= 11 is 0. The van der Waals surface area contributed by atoms with Gasteiger partial charge in [0, 0.05) is 24.3 Å². The molecule has 1 heterocycles. The fourth-order valence-corrected chi connectivity index (χ4v) is 3.47. The van der Waals surface area contributed by atoms with Gasteiger partial charge in [-0.1, -0.05) is 62.4 Å². The van der Waals surface area contributed by atoms with E-state index < -0.39 is 0 Å². The fourth-order valence-electron chi connectivity index (χ4n) is 3.47. The van der Waals surface area contributed by atoms with Gasteiger partial charge in [0.05, 0.1) is 6.04 Å². The molecule has 0 amide bonds. The van der Waals surface area contributed by atoms with E-state index in [0.29, 0.717) is 0 Å². The maximum atomic E-state index is 9.51. The molecule has 0 fully saturated rings. The van der Waals surface area contributed by atoms with Crippen molar-refractivity contribution in [2.75, 3.05) is 18.1 Å². The number of aliphatic hydroxyl groups is 1. The molecule has 2 aromatic carbocycles. The van der Waals surface area contributed by atoms with Crippen LogP contribution in [0.5, 0.6) is 0 Å². The van der Waals surface area contributed by atoms with E-state index in [1.165, 1.54) is 16.8 Å². The summed E-state index contributed by atoms with van der Waals surface area (Å²) in [5, 5.41) is 9.51. The largest absolute Gasteiger partial charge is 0.396 e. The summed E-state index contributed by atoms with van der Waals surface area (Å²) < 4.78 is 0. The lowest BCUT2D eigenvalue weighted by molar-refractivity contribution is 0.272. The summed E-state index contributed by atoms with van der Waals surface area (Å²) in [6, 6.07) is 19.4. The monoisotopic (exact) mass is 281 g/mol. The second kappa shape index (κ2) is 5.53. The lowest BCUT2D eigenvalue weighted by Gasteiger charge is -2.32. The Labute approximate surface area is 127 Å². The van der Waals surface area contributed by atoms with Crippen LogP contribution in [0.25, 0.3) is 0 Å². The second-order valence-corrected chi connectivity index (χ2v) is 6.47. The predicted molar refractivity (Wildman–Crippen MR) is 87.7 cm³/mol. The first kappa shape index (κ1) is 14.2. The van der Waals surface area contributed by atoms with Gasteiger partial charge in [0.15, 0.2) is 0 Å². The van der Waals surface area contributed by atoms with E-state index in [1.54, 1.807) is 0 Å². The van der Waals surface area contributed by atoms with Crippen molar-refractivity contribution in [3.8, 4) is 0 Å². The van der Waals surface area contributed by atoms with Crippen molar-refractivity contribution in [1.82, 2.24) is 0 Å². The molecule has 0 saturated carbocycles. The first-order chi connectivity index (χ1) is 10.1. The van der Waals surface area contributed by atoms with E-state index in [2.05, 4.69) is 67.3 Å². The number of benzene rings is 2. The molecule has 21 heavy (non-hydrogen) atoms. The summed E-state index contributed by atoms with van der Waals surface area (Å²) in [6.45, 7) is 5.80. The molecule has 2 nitrogen and oxygen atoms in total. The summed E-state index contributed by atoms with van der Waals surface area (Å²) in [5.74, 6) is 0. The zero-order valence-electron chi connectivity index (χ0n) is 12.8. The number of anilines is 1. The SMILES string of the molecule is CC1(C)CN(C(CCO)c2ccccc2)c2ccccc21. The smallest absolute Gasteiger partial charge is 0.0564 e. The van der Waals surface area contributed by atoms with E-state index in [9.17, 15) is 5.11 Å². The van der Waals surface area contributed by atoms with Crippen LogP contribution in [0.4, 0.5) is 5.69 Å². The molecule has 3 rings (SSSR count). The number of para-hydroxylation sites is 1. The van der Waals surface area contributed by atoms with Gasteiger partial charge in [0.2, 0.25) is 0 Å². The molecule has 0 saturated heterocycles. The zero-order chi connectivity index (χ0) is 14.9. The maximum Gasteiger partial charge on any atom is 0.0564 e. The lowest BCUT2D eigenvalue weighted by atomic mass is 9.87. The van der Waals surface area contributed by atoms with E-state index in [4.69, 9.17) is 0 Å². The quantitative estimate of drug-likeness (QED) is 0.918. The molecule has 1 N–H and O–H groups in total. The minimum absolute atomic E-state index is 0.152. The van der Waals surface area contributed by atoms with Gasteiger partial charge in [-0.05, 0) is 23.6 Å². The van der Waals surface area contributed by atoms with E-state index in [-0.39, 0.29) is 18.1 Å². The highest BCUT2D eigenvalue weighted by Gasteiger charge is 2.37. The lowest BCUT2D eigenvalue weighted by Crippen LogP contribution is -2.32. The highest BCUT2D eigenvalue weighted by atomic mass is 16.3. The number of aliphatic hydroxyl groups excluding tert-OH is 1. The third-order valence-corrected chi connectivity index (χ3v) is 4.47. The molecule has 0 spiro atoms. The van der Waals surface area contributed by atoms with Gasteiger partial charge in [0.1, 0.15) is 0 Å². The molecule has 0 aromatic heterocycles. The topological polar surface area (TPSA) is 23.5 Å². The maximum absolute atomic E-state index is 9.51. The Bertz CT molecular complexity index is 606. The molecular formula is C19H23NO. The van der Waals surface area contributed by atoms with Crippen molar-refractivity contribution in [3.63, 3.8) is 0 Å². The first-order valence-corrected chi connectivity index (χ1v) is 7.65. The average Bonchev–Trinajstić information content (AvgIpc) is 2.78. The fraction of sp³-hybridized carbons (Fsp3) is 0.368. The molecule has 1 aliphatic rings. The molecule has 1 aliphatic heterocycles. The summed E-state index contributed by atoms with van der Waals surface area (Å²) in [4.78, 5) is 2.46. The van der Waals surface area contributed by atoms with Gasteiger partial charge < -0.3 is 10.0 Å². The van der Waals surface area contributed by atoms with Crippen molar-refractivity contribution in [3.05, 3.63) is 65.7 Å². The van der Waals surface area contributed by atoms with Gasteiger partial charge in [0.25, 0.3) is 0 Å². The minimum Gasteiger partial charge on any atom is -0.396 e. The minimum atomic E-state index is 0.152. The number of fused-ring (bicyclic) bond motifs is 1. The zero-order valence-corrected chi connectivity index (χ0v) is 12.8. The summed E-state index contributed by atoms with van der Waals surface area (Å²) in [5.41, 5.74) is 4.15. The Morgan fingerprint density at radius 1 is 1.05 bits per heavy atom. The molecular weight excluding hydrogens is 258 g/mol. The van der Waals surface area contributed by atoms with E-state index in [1.807, 2.05) is 6.07 Å².